The van der Waals surface area contributed by atoms with Crippen LogP contribution < -0.4 is 15.4 Å². The summed E-state index contributed by atoms with van der Waals surface area (Å²) in [6, 6.07) is 6.23. The second kappa shape index (κ2) is 15.3. The fraction of sp³-hybridized carbons (Fsp3) is 0.625. The highest BCUT2D eigenvalue weighted by atomic mass is 16.5. The van der Waals surface area contributed by atoms with Gasteiger partial charge in [-0.1, -0.05) is 32.4 Å². The Hall–Kier alpha value is -2.57. The number of carbonyl (C=O) groups is 3. The first-order valence-electron chi connectivity index (χ1n) is 11.1. The quantitative estimate of drug-likeness (QED) is 0.327. The average Bonchev–Trinajstić information content (AvgIpc) is 2.72. The van der Waals surface area contributed by atoms with Crippen LogP contribution in [0.25, 0.3) is 0 Å². The molecule has 0 unspecified atom stereocenters. The summed E-state index contributed by atoms with van der Waals surface area (Å²) >= 11 is 0. The van der Waals surface area contributed by atoms with Gasteiger partial charge in [-0.05, 0) is 55.2 Å². The molecule has 0 aliphatic rings. The Labute approximate surface area is 186 Å². The average molecular weight is 435 g/mol. The summed E-state index contributed by atoms with van der Waals surface area (Å²) < 4.78 is 10.5. The van der Waals surface area contributed by atoms with Gasteiger partial charge < -0.3 is 20.1 Å². The van der Waals surface area contributed by atoms with Crippen LogP contribution in [0, 0.1) is 5.92 Å². The van der Waals surface area contributed by atoms with E-state index in [4.69, 9.17) is 4.74 Å². The molecule has 0 aliphatic heterocycles. The summed E-state index contributed by atoms with van der Waals surface area (Å²) in [7, 11) is 1.30. The maximum absolute atomic E-state index is 11.8. The van der Waals surface area contributed by atoms with Gasteiger partial charge in [-0.2, -0.15) is 0 Å². The van der Waals surface area contributed by atoms with Crippen molar-refractivity contribution in [2.75, 3.05) is 26.8 Å². The third-order valence-corrected chi connectivity index (χ3v) is 4.83. The highest BCUT2D eigenvalue weighted by Gasteiger charge is 2.09. The van der Waals surface area contributed by atoms with Gasteiger partial charge >= 0.3 is 5.97 Å². The van der Waals surface area contributed by atoms with Gasteiger partial charge in [-0.15, -0.1) is 0 Å². The fourth-order valence-electron chi connectivity index (χ4n) is 3.13. The molecule has 0 heterocycles. The molecule has 31 heavy (non-hydrogen) atoms. The molecule has 0 saturated heterocycles. The van der Waals surface area contributed by atoms with Crippen LogP contribution in [-0.2, 0) is 32.0 Å². The van der Waals surface area contributed by atoms with Crippen LogP contribution in [0.15, 0.2) is 18.2 Å². The Bertz CT molecular complexity index is 703. The zero-order valence-electron chi connectivity index (χ0n) is 19.4. The van der Waals surface area contributed by atoms with Crippen molar-refractivity contribution in [3.63, 3.8) is 0 Å². The van der Waals surface area contributed by atoms with Crippen molar-refractivity contribution in [3.05, 3.63) is 29.3 Å². The van der Waals surface area contributed by atoms with Crippen LogP contribution in [-0.4, -0.2) is 44.6 Å². The predicted octanol–water partition coefficient (Wildman–Crippen LogP) is 3.18. The van der Waals surface area contributed by atoms with Crippen molar-refractivity contribution < 1.29 is 23.9 Å². The normalized spacial score (nSPS) is 10.6. The lowest BCUT2D eigenvalue weighted by molar-refractivity contribution is -0.141. The lowest BCUT2D eigenvalue weighted by atomic mass is 9.98. The molecule has 1 aromatic carbocycles. The summed E-state index contributed by atoms with van der Waals surface area (Å²) in [4.78, 5) is 33.9. The summed E-state index contributed by atoms with van der Waals surface area (Å²) in [6.45, 7) is 7.02. The second-order valence-corrected chi connectivity index (χ2v) is 8.12. The molecule has 174 valence electrons. The number of amides is 2. The first kappa shape index (κ1) is 26.5. The molecule has 0 spiro atoms. The standard InChI is InChI=1S/C24H38N2O5/c1-18(2)8-5-10-21-16-20(9-6-11-23(28)26-17-24(29)30-4)12-13-22(21)31-15-7-14-25-19(3)27/h12-13,16,18H,5-11,14-15,17H2,1-4H3,(H,25,27)(H,26,28). The molecule has 2 amide bonds. The van der Waals surface area contributed by atoms with E-state index in [1.54, 1.807) is 0 Å². The van der Waals surface area contributed by atoms with Crippen LogP contribution in [0.3, 0.4) is 0 Å². The van der Waals surface area contributed by atoms with Gasteiger partial charge in [-0.25, -0.2) is 0 Å². The topological polar surface area (TPSA) is 93.7 Å². The molecule has 0 bridgehead atoms. The van der Waals surface area contributed by atoms with Gasteiger partial charge in [0.05, 0.1) is 13.7 Å². The van der Waals surface area contributed by atoms with Gasteiger partial charge in [0.1, 0.15) is 12.3 Å². The van der Waals surface area contributed by atoms with E-state index in [-0.39, 0.29) is 18.4 Å². The Morgan fingerprint density at radius 1 is 1.03 bits per heavy atom. The first-order chi connectivity index (χ1) is 14.8. The van der Waals surface area contributed by atoms with Crippen molar-refractivity contribution in [1.29, 1.82) is 0 Å². The van der Waals surface area contributed by atoms with Crippen LogP contribution in [0.4, 0.5) is 0 Å². The highest BCUT2D eigenvalue weighted by Crippen LogP contribution is 2.24. The van der Waals surface area contributed by atoms with Gasteiger partial charge in [0.15, 0.2) is 0 Å². The minimum absolute atomic E-state index is 0.0299. The molecule has 7 heteroatoms. The van der Waals surface area contributed by atoms with Crippen molar-refractivity contribution in [1.82, 2.24) is 10.6 Å². The number of ether oxygens (including phenoxy) is 2. The van der Waals surface area contributed by atoms with Crippen LogP contribution >= 0.6 is 0 Å². The molecule has 1 aromatic rings. The highest BCUT2D eigenvalue weighted by molar-refractivity contribution is 5.81. The Morgan fingerprint density at radius 3 is 2.48 bits per heavy atom. The molecule has 7 nitrogen and oxygen atoms in total. The number of esters is 1. The number of aryl methyl sites for hydroxylation is 2. The molecule has 1 rings (SSSR count). The third kappa shape index (κ3) is 12.7. The van der Waals surface area contributed by atoms with E-state index in [0.717, 1.165) is 37.9 Å². The van der Waals surface area contributed by atoms with Gasteiger partial charge in [0.2, 0.25) is 11.8 Å². The molecule has 0 aromatic heterocycles. The summed E-state index contributed by atoms with van der Waals surface area (Å²) in [6.07, 6.45) is 5.81. The number of hydrogen-bond acceptors (Lipinski definition) is 5. The third-order valence-electron chi connectivity index (χ3n) is 4.83. The number of nitrogens with one attached hydrogen (secondary N) is 2. The van der Waals surface area contributed by atoms with Gasteiger partial charge in [0.25, 0.3) is 0 Å². The van der Waals surface area contributed by atoms with E-state index in [1.807, 2.05) is 12.1 Å². The summed E-state index contributed by atoms with van der Waals surface area (Å²) in [5.41, 5.74) is 2.36. The molecular formula is C24H38N2O5. The number of benzene rings is 1. The maximum Gasteiger partial charge on any atom is 0.325 e. The number of rotatable bonds is 15. The lowest BCUT2D eigenvalue weighted by Crippen LogP contribution is -2.29. The zero-order chi connectivity index (χ0) is 23.1. The van der Waals surface area contributed by atoms with Crippen molar-refractivity contribution in [2.45, 2.75) is 65.7 Å². The fourth-order valence-corrected chi connectivity index (χ4v) is 3.13. The van der Waals surface area contributed by atoms with Crippen LogP contribution in [0.5, 0.6) is 5.75 Å². The van der Waals surface area contributed by atoms with E-state index in [1.165, 1.54) is 25.2 Å². The Balaban J connectivity index is 2.58. The van der Waals surface area contributed by atoms with Crippen LogP contribution in [0.2, 0.25) is 0 Å². The molecule has 0 atom stereocenters. The minimum Gasteiger partial charge on any atom is -0.493 e. The first-order valence-corrected chi connectivity index (χ1v) is 11.1. The number of methoxy groups -OCH3 is 1. The molecule has 0 saturated carbocycles. The largest absolute Gasteiger partial charge is 0.493 e. The molecular weight excluding hydrogens is 396 g/mol. The second-order valence-electron chi connectivity index (χ2n) is 8.12. The van der Waals surface area contributed by atoms with E-state index in [9.17, 15) is 14.4 Å². The number of hydrogen-bond donors (Lipinski definition) is 2. The van der Waals surface area contributed by atoms with Crippen molar-refractivity contribution in [2.24, 2.45) is 5.92 Å². The SMILES string of the molecule is COC(=O)CNC(=O)CCCc1ccc(OCCCNC(C)=O)c(CCCC(C)C)c1. The van der Waals surface area contributed by atoms with E-state index >= 15 is 0 Å². The van der Waals surface area contributed by atoms with E-state index in [0.29, 0.717) is 31.9 Å². The monoisotopic (exact) mass is 434 g/mol. The molecule has 2 N–H and O–H groups in total. The number of carbonyl (C=O) groups excluding carboxylic acids is 3. The van der Waals surface area contributed by atoms with E-state index in [2.05, 4.69) is 35.3 Å². The van der Waals surface area contributed by atoms with Crippen LogP contribution in [0.1, 0.15) is 64.0 Å². The zero-order valence-corrected chi connectivity index (χ0v) is 19.4. The predicted molar refractivity (Wildman–Crippen MR) is 121 cm³/mol. The Morgan fingerprint density at radius 2 is 1.81 bits per heavy atom. The van der Waals surface area contributed by atoms with Gasteiger partial charge in [0, 0.05) is 19.9 Å². The van der Waals surface area contributed by atoms with E-state index < -0.39 is 5.97 Å². The lowest BCUT2D eigenvalue weighted by Gasteiger charge is -2.14. The molecule has 0 fully saturated rings. The molecule has 0 radical (unpaired) electrons. The Kier molecular flexibility index (Phi) is 13.0. The molecule has 0 aliphatic carbocycles. The van der Waals surface area contributed by atoms with Gasteiger partial charge in [-0.3, -0.25) is 14.4 Å². The maximum atomic E-state index is 11.8. The summed E-state index contributed by atoms with van der Waals surface area (Å²) in [5.74, 6) is 0.922. The van der Waals surface area contributed by atoms with Crippen molar-refractivity contribution >= 4 is 17.8 Å². The minimum atomic E-state index is -0.452. The summed E-state index contributed by atoms with van der Waals surface area (Å²) in [5, 5.41) is 5.34. The van der Waals surface area contributed by atoms with Crippen molar-refractivity contribution in [3.8, 4) is 5.75 Å². The smallest absolute Gasteiger partial charge is 0.325 e.